The highest BCUT2D eigenvalue weighted by atomic mass is 32.2. The summed E-state index contributed by atoms with van der Waals surface area (Å²) >= 11 is 3.63. The third-order valence-electron chi connectivity index (χ3n) is 5.67. The molecule has 0 radical (unpaired) electrons. The average Bonchev–Trinajstić information content (AvgIpc) is 3.42. The highest BCUT2D eigenvalue weighted by Crippen LogP contribution is 2.39. The van der Waals surface area contributed by atoms with Gasteiger partial charge in [-0.1, -0.05) is 55.3 Å². The number of carbonyl (C=O) groups is 2. The Kier molecular flexibility index (Phi) is 7.39. The summed E-state index contributed by atoms with van der Waals surface area (Å²) in [6.45, 7) is 1.32. The number of hydrogen-bond donors (Lipinski definition) is 1. The van der Waals surface area contributed by atoms with E-state index in [-0.39, 0.29) is 17.2 Å². The molecule has 30 heavy (non-hydrogen) atoms. The maximum Gasteiger partial charge on any atom is 0.251 e. The van der Waals surface area contributed by atoms with E-state index in [9.17, 15) is 9.59 Å². The maximum absolute atomic E-state index is 12.4. The van der Waals surface area contributed by atoms with E-state index >= 15 is 0 Å². The van der Waals surface area contributed by atoms with Crippen molar-refractivity contribution in [1.29, 1.82) is 0 Å². The van der Waals surface area contributed by atoms with Crippen molar-refractivity contribution in [3.05, 3.63) is 71.3 Å². The number of hydrogen-bond acceptors (Lipinski definition) is 4. The molecule has 0 bridgehead atoms. The van der Waals surface area contributed by atoms with Crippen molar-refractivity contribution >= 4 is 35.3 Å². The third kappa shape index (κ3) is 5.41. The van der Waals surface area contributed by atoms with Crippen molar-refractivity contribution < 1.29 is 9.59 Å². The number of carbonyl (C=O) groups excluding carboxylic acids is 2. The molecule has 0 unspecified atom stereocenters. The van der Waals surface area contributed by atoms with Gasteiger partial charge in [0.2, 0.25) is 5.91 Å². The second-order valence-corrected chi connectivity index (χ2v) is 10.3. The van der Waals surface area contributed by atoms with Gasteiger partial charge >= 0.3 is 0 Å². The zero-order chi connectivity index (χ0) is 20.8. The molecule has 158 valence electrons. The van der Waals surface area contributed by atoms with E-state index in [1.54, 1.807) is 11.8 Å². The van der Waals surface area contributed by atoms with Gasteiger partial charge in [-0.25, -0.2) is 0 Å². The third-order valence-corrected chi connectivity index (χ3v) is 8.30. The van der Waals surface area contributed by atoms with Gasteiger partial charge < -0.3 is 10.2 Å². The van der Waals surface area contributed by atoms with Crippen LogP contribution in [0.2, 0.25) is 0 Å². The number of nitrogens with one attached hydrogen (secondary N) is 1. The first-order valence-corrected chi connectivity index (χ1v) is 12.8. The molecule has 6 heteroatoms. The first kappa shape index (κ1) is 21.3. The lowest BCUT2D eigenvalue weighted by molar-refractivity contribution is -0.128. The van der Waals surface area contributed by atoms with Crippen LogP contribution in [-0.2, 0) is 11.3 Å². The van der Waals surface area contributed by atoms with Crippen LogP contribution in [0.5, 0.6) is 0 Å². The number of rotatable bonds is 8. The van der Waals surface area contributed by atoms with Crippen molar-refractivity contribution in [1.82, 2.24) is 10.2 Å². The van der Waals surface area contributed by atoms with Gasteiger partial charge in [0.25, 0.3) is 5.91 Å². The molecule has 4 rings (SSSR count). The zero-order valence-corrected chi connectivity index (χ0v) is 18.7. The van der Waals surface area contributed by atoms with Crippen LogP contribution in [-0.4, -0.2) is 40.0 Å². The van der Waals surface area contributed by atoms with Gasteiger partial charge in [0, 0.05) is 29.7 Å². The zero-order valence-electron chi connectivity index (χ0n) is 17.1. The molecule has 1 aliphatic carbocycles. The molecule has 2 aromatic rings. The van der Waals surface area contributed by atoms with Crippen molar-refractivity contribution in [2.45, 2.75) is 42.9 Å². The van der Waals surface area contributed by atoms with Gasteiger partial charge in [-0.3, -0.25) is 9.59 Å². The topological polar surface area (TPSA) is 49.4 Å². The Hall–Kier alpha value is -1.92. The monoisotopic (exact) mass is 440 g/mol. The molecule has 1 aliphatic heterocycles. The Balaban J connectivity index is 1.31. The first-order valence-electron chi connectivity index (χ1n) is 10.7. The van der Waals surface area contributed by atoms with Crippen LogP contribution in [0.4, 0.5) is 0 Å². The van der Waals surface area contributed by atoms with Gasteiger partial charge in [-0.05, 0) is 36.1 Å². The molecule has 2 aliphatic rings. The van der Waals surface area contributed by atoms with Crippen LogP contribution in [0.25, 0.3) is 0 Å². The highest BCUT2D eigenvalue weighted by molar-refractivity contribution is 8.00. The van der Waals surface area contributed by atoms with E-state index in [0.717, 1.165) is 22.1 Å². The normalized spacial score (nSPS) is 19.4. The summed E-state index contributed by atoms with van der Waals surface area (Å²) in [4.78, 5) is 26.8. The summed E-state index contributed by atoms with van der Waals surface area (Å²) in [6.07, 6.45) is 5.35. The summed E-state index contributed by atoms with van der Waals surface area (Å²) in [5.74, 6) is 1.61. The Morgan fingerprint density at radius 3 is 2.53 bits per heavy atom. The van der Waals surface area contributed by atoms with Crippen LogP contribution in [0, 0.1) is 0 Å². The molecule has 1 atom stereocenters. The quantitative estimate of drug-likeness (QED) is 0.595. The van der Waals surface area contributed by atoms with Crippen LogP contribution in [0.3, 0.4) is 0 Å². The predicted octanol–water partition coefficient (Wildman–Crippen LogP) is 4.87. The number of nitrogens with zero attached hydrogens (tertiary/aromatic N) is 1. The second-order valence-electron chi connectivity index (χ2n) is 7.83. The maximum atomic E-state index is 12.4. The molecule has 4 nitrogen and oxygen atoms in total. The van der Waals surface area contributed by atoms with Crippen LogP contribution < -0.4 is 5.32 Å². The minimum absolute atomic E-state index is 0.00220. The molecular formula is C24H28N2O2S2. The molecule has 0 aromatic heterocycles. The fraction of sp³-hybridized carbons (Fsp3) is 0.417. The fourth-order valence-electron chi connectivity index (χ4n) is 4.03. The van der Waals surface area contributed by atoms with E-state index < -0.39 is 0 Å². The summed E-state index contributed by atoms with van der Waals surface area (Å²) in [6, 6.07) is 17.8. The second kappa shape index (κ2) is 10.4. The first-order chi connectivity index (χ1) is 14.7. The summed E-state index contributed by atoms with van der Waals surface area (Å²) in [5.41, 5.74) is 2.87. The minimum Gasteiger partial charge on any atom is -0.351 e. The Labute approximate surface area is 187 Å². The summed E-state index contributed by atoms with van der Waals surface area (Å²) in [5, 5.41) is 3.81. The molecule has 2 aromatic carbocycles. The number of thioether (sulfide) groups is 2. The van der Waals surface area contributed by atoms with Gasteiger partial charge in [0.1, 0.15) is 5.37 Å². The van der Waals surface area contributed by atoms with E-state index in [0.29, 0.717) is 24.4 Å². The smallest absolute Gasteiger partial charge is 0.251 e. The predicted molar refractivity (Wildman–Crippen MR) is 126 cm³/mol. The summed E-state index contributed by atoms with van der Waals surface area (Å²) in [7, 11) is 0. The lowest BCUT2D eigenvalue weighted by Crippen LogP contribution is -2.28. The van der Waals surface area contributed by atoms with E-state index in [1.165, 1.54) is 25.7 Å². The van der Waals surface area contributed by atoms with Gasteiger partial charge in [-0.2, -0.15) is 11.8 Å². The van der Waals surface area contributed by atoms with Crippen molar-refractivity contribution in [3.8, 4) is 0 Å². The van der Waals surface area contributed by atoms with Crippen LogP contribution in [0.1, 0.15) is 52.5 Å². The van der Waals surface area contributed by atoms with E-state index in [4.69, 9.17) is 0 Å². The lowest BCUT2D eigenvalue weighted by atomic mass is 10.1. The molecule has 1 saturated heterocycles. The SMILES string of the molecule is O=C(NCCSC1CCCC1)c1ccc([C@H]2SCC(=O)N2Cc2ccccc2)cc1. The minimum atomic E-state index is -0.0233. The van der Waals surface area contributed by atoms with Gasteiger partial charge in [0.05, 0.1) is 5.75 Å². The highest BCUT2D eigenvalue weighted by Gasteiger charge is 2.32. The Morgan fingerprint density at radius 1 is 1.07 bits per heavy atom. The standard InChI is InChI=1S/C24H28N2O2S2/c27-22-17-30-24(26(22)16-18-6-2-1-3-7-18)20-12-10-19(11-13-20)23(28)25-14-15-29-21-8-4-5-9-21/h1-3,6-7,10-13,21,24H,4-5,8-9,14-17H2,(H,25,28)/t24-/m1/s1. The Morgan fingerprint density at radius 2 is 1.80 bits per heavy atom. The fourth-order valence-corrected chi connectivity index (χ4v) is 6.44. The van der Waals surface area contributed by atoms with E-state index in [2.05, 4.69) is 5.32 Å². The van der Waals surface area contributed by atoms with Crippen LogP contribution in [0.15, 0.2) is 54.6 Å². The van der Waals surface area contributed by atoms with Crippen molar-refractivity contribution in [2.24, 2.45) is 0 Å². The molecule has 1 heterocycles. The van der Waals surface area contributed by atoms with Gasteiger partial charge in [0.15, 0.2) is 0 Å². The largest absolute Gasteiger partial charge is 0.351 e. The van der Waals surface area contributed by atoms with E-state index in [1.807, 2.05) is 71.3 Å². The summed E-state index contributed by atoms with van der Waals surface area (Å²) < 4.78 is 0. The molecule has 2 fully saturated rings. The molecule has 1 N–H and O–H groups in total. The number of amides is 2. The molecule has 0 spiro atoms. The number of benzene rings is 2. The average molecular weight is 441 g/mol. The molecule has 2 amide bonds. The van der Waals surface area contributed by atoms with Crippen molar-refractivity contribution in [2.75, 3.05) is 18.1 Å². The molecular weight excluding hydrogens is 412 g/mol. The van der Waals surface area contributed by atoms with Gasteiger partial charge in [-0.15, -0.1) is 11.8 Å². The Bertz CT molecular complexity index is 851. The van der Waals surface area contributed by atoms with Crippen molar-refractivity contribution in [3.63, 3.8) is 0 Å². The lowest BCUT2D eigenvalue weighted by Gasteiger charge is -2.24. The molecule has 1 saturated carbocycles. The van der Waals surface area contributed by atoms with Crippen LogP contribution >= 0.6 is 23.5 Å².